The molecule has 0 unspecified atom stereocenters. The van der Waals surface area contributed by atoms with Crippen molar-refractivity contribution in [2.45, 2.75) is 50.6 Å². The number of anilines is 2. The van der Waals surface area contributed by atoms with E-state index in [1.807, 2.05) is 54.0 Å². The standard InChI is InChI=1S/C43H40N8O8/c1-25-23-43(25,39-45-41(56)59-46-39)51-34-11-10-27(26-13-18-58-19-14-26)20-29(34)22-35(51)37(53)47-15-12-32-33(24-47)44-40(49-17-16-48(42(49)57)30-7-3-2-4-8-30)50(36(32)52)31-9-5-6-28(21-31)38(54)55/h2-11,20-22,25-26H,12-19,23-24H2,1H3,(H,54,55)(H,45,46,56)/t25-,43+/m1/s1. The number of benzene rings is 3. The monoisotopic (exact) mass is 796 g/mol. The van der Waals surface area contributed by atoms with E-state index >= 15 is 4.79 Å². The van der Waals surface area contributed by atoms with Crippen LogP contribution >= 0.6 is 0 Å². The Morgan fingerprint density at radius 2 is 1.66 bits per heavy atom. The zero-order chi connectivity index (χ0) is 40.6. The van der Waals surface area contributed by atoms with Gasteiger partial charge in [0.2, 0.25) is 5.95 Å². The highest BCUT2D eigenvalue weighted by Gasteiger charge is 2.59. The van der Waals surface area contributed by atoms with E-state index in [0.717, 1.165) is 23.7 Å². The van der Waals surface area contributed by atoms with Crippen molar-refractivity contribution in [1.29, 1.82) is 0 Å². The quantitative estimate of drug-likeness (QED) is 0.215. The molecule has 16 nitrogen and oxygen atoms in total. The van der Waals surface area contributed by atoms with Crippen molar-refractivity contribution in [2.75, 3.05) is 42.6 Å². The molecule has 300 valence electrons. The van der Waals surface area contributed by atoms with Gasteiger partial charge in [-0.05, 0) is 91.6 Å². The lowest BCUT2D eigenvalue weighted by Gasteiger charge is -2.31. The number of carboxylic acid groups (broad SMARTS) is 1. The summed E-state index contributed by atoms with van der Waals surface area (Å²) in [5.74, 6) is -1.42. The molecule has 3 aromatic carbocycles. The van der Waals surface area contributed by atoms with Gasteiger partial charge in [0.1, 0.15) is 11.2 Å². The van der Waals surface area contributed by atoms with Crippen molar-refractivity contribution < 1.29 is 28.8 Å². The van der Waals surface area contributed by atoms with Gasteiger partial charge in [-0.15, -0.1) is 0 Å². The Balaban J connectivity index is 1.07. The van der Waals surface area contributed by atoms with Crippen LogP contribution in [0.25, 0.3) is 16.6 Å². The number of rotatable bonds is 8. The molecule has 3 amide bonds. The van der Waals surface area contributed by atoms with E-state index in [4.69, 9.17) is 14.2 Å². The Morgan fingerprint density at radius 3 is 2.39 bits per heavy atom. The number of urea groups is 1. The Hall–Kier alpha value is -6.81. The van der Waals surface area contributed by atoms with Gasteiger partial charge in [-0.2, -0.15) is 0 Å². The van der Waals surface area contributed by atoms with Gasteiger partial charge in [0.05, 0.1) is 23.5 Å². The predicted octanol–water partition coefficient (Wildman–Crippen LogP) is 4.88. The number of H-pyrrole nitrogens is 1. The van der Waals surface area contributed by atoms with E-state index in [2.05, 4.69) is 22.3 Å². The van der Waals surface area contributed by atoms with E-state index in [1.165, 1.54) is 27.2 Å². The number of nitrogens with one attached hydrogen (secondary N) is 1. The summed E-state index contributed by atoms with van der Waals surface area (Å²) in [7, 11) is 0. The first kappa shape index (κ1) is 36.5. The van der Waals surface area contributed by atoms with Crippen LogP contribution in [0.2, 0.25) is 0 Å². The maximum absolute atomic E-state index is 15.0. The molecule has 2 atom stereocenters. The number of aromatic nitrogens is 5. The first-order valence-electron chi connectivity index (χ1n) is 19.8. The predicted molar refractivity (Wildman–Crippen MR) is 214 cm³/mol. The number of amides is 3. The number of hydrogen-bond donors (Lipinski definition) is 2. The highest BCUT2D eigenvalue weighted by atomic mass is 16.5. The number of nitrogens with zero attached hydrogens (tertiary/aromatic N) is 7. The van der Waals surface area contributed by atoms with Crippen molar-refractivity contribution in [3.8, 4) is 5.69 Å². The Bertz CT molecular complexity index is 2800. The minimum atomic E-state index is -1.16. The summed E-state index contributed by atoms with van der Waals surface area (Å²) in [5.41, 5.74) is 2.73. The Morgan fingerprint density at radius 1 is 0.898 bits per heavy atom. The van der Waals surface area contributed by atoms with Gasteiger partial charge in [0, 0.05) is 55.0 Å². The lowest BCUT2D eigenvalue weighted by atomic mass is 9.91. The first-order chi connectivity index (χ1) is 28.6. The Kier molecular flexibility index (Phi) is 8.63. The zero-order valence-corrected chi connectivity index (χ0v) is 32.2. The summed E-state index contributed by atoms with van der Waals surface area (Å²) in [6.07, 6.45) is 2.59. The number of carboxylic acids is 1. The minimum Gasteiger partial charge on any atom is -0.478 e. The number of carbonyl (C=O) groups is 3. The van der Waals surface area contributed by atoms with Gasteiger partial charge in [-0.3, -0.25) is 28.9 Å². The summed E-state index contributed by atoms with van der Waals surface area (Å²) in [5, 5.41) is 14.8. The Labute approximate surface area is 336 Å². The molecule has 6 heterocycles. The number of hydrogen-bond acceptors (Lipinski definition) is 9. The molecule has 3 fully saturated rings. The summed E-state index contributed by atoms with van der Waals surface area (Å²) in [6.45, 7) is 4.14. The van der Waals surface area contributed by atoms with E-state index in [1.54, 1.807) is 21.9 Å². The summed E-state index contributed by atoms with van der Waals surface area (Å²) in [4.78, 5) is 80.4. The second-order valence-electron chi connectivity index (χ2n) is 15.8. The molecule has 1 saturated carbocycles. The van der Waals surface area contributed by atoms with Crippen molar-refractivity contribution in [3.63, 3.8) is 0 Å². The van der Waals surface area contributed by atoms with Crippen LogP contribution in [0, 0.1) is 5.92 Å². The molecule has 16 heteroatoms. The lowest BCUT2D eigenvalue weighted by Crippen LogP contribution is -2.43. The number of ether oxygens (including phenoxy) is 1. The highest BCUT2D eigenvalue weighted by Crippen LogP contribution is 2.56. The molecular weight excluding hydrogens is 757 g/mol. The van der Waals surface area contributed by atoms with Gasteiger partial charge in [-0.1, -0.05) is 42.4 Å². The molecule has 2 N–H and O–H groups in total. The normalized spacial score (nSPS) is 20.7. The molecule has 4 aliphatic rings. The van der Waals surface area contributed by atoms with Crippen molar-refractivity contribution in [2.24, 2.45) is 5.92 Å². The van der Waals surface area contributed by atoms with Crippen LogP contribution in [0.4, 0.5) is 16.4 Å². The smallest absolute Gasteiger partial charge is 0.438 e. The number of aromatic amines is 1. The number of para-hydroxylation sites is 1. The molecule has 0 bridgehead atoms. The van der Waals surface area contributed by atoms with Crippen LogP contribution < -0.4 is 21.1 Å². The van der Waals surface area contributed by atoms with Crippen molar-refractivity contribution in [3.05, 3.63) is 134 Å². The van der Waals surface area contributed by atoms with E-state index in [-0.39, 0.29) is 55.1 Å². The number of carbonyl (C=O) groups excluding carboxylic acids is 2. The van der Waals surface area contributed by atoms with Crippen LogP contribution in [0.3, 0.4) is 0 Å². The second kappa shape index (κ2) is 13.9. The molecule has 2 saturated heterocycles. The van der Waals surface area contributed by atoms with Crippen LogP contribution in [0.15, 0.2) is 93.0 Å². The average Bonchev–Trinajstić information content (AvgIpc) is 3.58. The molecule has 3 aromatic heterocycles. The average molecular weight is 797 g/mol. The fourth-order valence-corrected chi connectivity index (χ4v) is 9.25. The van der Waals surface area contributed by atoms with E-state index in [0.29, 0.717) is 60.6 Å². The largest absolute Gasteiger partial charge is 0.478 e. The van der Waals surface area contributed by atoms with Gasteiger partial charge in [0.15, 0.2) is 5.82 Å². The molecule has 10 rings (SSSR count). The SMILES string of the molecule is C[C@@H]1C[C@]1(c1noc(=O)[nH]1)n1c(C(=O)N2CCc3c(nc(N4CCN(c5ccccc5)C4=O)n(-c4cccc(C(=O)O)c4)c3=O)C2)cc2cc(C3CCOCC3)ccc21. The van der Waals surface area contributed by atoms with Crippen LogP contribution in [0.1, 0.15) is 75.6 Å². The summed E-state index contributed by atoms with van der Waals surface area (Å²) >= 11 is 0. The molecular formula is C43H40N8O8. The van der Waals surface area contributed by atoms with Gasteiger partial charge < -0.3 is 19.3 Å². The van der Waals surface area contributed by atoms with Gasteiger partial charge in [0.25, 0.3) is 11.5 Å². The van der Waals surface area contributed by atoms with Gasteiger partial charge in [-0.25, -0.2) is 23.9 Å². The molecule has 3 aliphatic heterocycles. The third-order valence-electron chi connectivity index (χ3n) is 12.4. The maximum atomic E-state index is 15.0. The number of fused-ring (bicyclic) bond motifs is 2. The first-order valence-corrected chi connectivity index (χ1v) is 19.8. The van der Waals surface area contributed by atoms with E-state index < -0.39 is 28.9 Å². The maximum Gasteiger partial charge on any atom is 0.438 e. The molecule has 6 aromatic rings. The van der Waals surface area contributed by atoms with Gasteiger partial charge >= 0.3 is 17.8 Å². The third kappa shape index (κ3) is 5.96. The van der Waals surface area contributed by atoms with Crippen molar-refractivity contribution >= 4 is 40.4 Å². The van der Waals surface area contributed by atoms with Crippen molar-refractivity contribution in [1.82, 2.24) is 29.2 Å². The summed E-state index contributed by atoms with van der Waals surface area (Å²) in [6, 6.07) is 22.9. The number of aromatic carboxylic acids is 1. The van der Waals surface area contributed by atoms with Crippen LogP contribution in [-0.2, 0) is 23.2 Å². The molecule has 59 heavy (non-hydrogen) atoms. The fraction of sp³-hybridized carbons (Fsp3) is 0.326. The molecule has 1 aliphatic carbocycles. The topological polar surface area (TPSA) is 189 Å². The fourth-order valence-electron chi connectivity index (χ4n) is 9.25. The lowest BCUT2D eigenvalue weighted by molar-refractivity contribution is 0.0694. The summed E-state index contributed by atoms with van der Waals surface area (Å²) < 4.78 is 13.9. The third-order valence-corrected chi connectivity index (χ3v) is 12.4. The van der Waals surface area contributed by atoms with Crippen LogP contribution in [-0.4, -0.2) is 85.0 Å². The zero-order valence-electron chi connectivity index (χ0n) is 32.2. The van der Waals surface area contributed by atoms with Crippen LogP contribution in [0.5, 0.6) is 0 Å². The van der Waals surface area contributed by atoms with E-state index in [9.17, 15) is 24.3 Å². The molecule has 0 radical (unpaired) electrons. The highest BCUT2D eigenvalue weighted by molar-refractivity contribution is 6.05. The minimum absolute atomic E-state index is 0.0124. The molecule has 0 spiro atoms. The second-order valence-corrected chi connectivity index (χ2v) is 15.8.